The summed E-state index contributed by atoms with van der Waals surface area (Å²) >= 11 is 3.33. The van der Waals surface area contributed by atoms with Crippen molar-refractivity contribution in [1.29, 1.82) is 0 Å². The van der Waals surface area contributed by atoms with Crippen LogP contribution < -0.4 is 5.32 Å². The van der Waals surface area contributed by atoms with Gasteiger partial charge >= 0.3 is 0 Å². The van der Waals surface area contributed by atoms with Gasteiger partial charge in [-0.05, 0) is 53.7 Å². The highest BCUT2D eigenvalue weighted by atomic mass is 79.9. The summed E-state index contributed by atoms with van der Waals surface area (Å²) in [6, 6.07) is 4.44. The van der Waals surface area contributed by atoms with Crippen LogP contribution in [0.25, 0.3) is 0 Å². The molecule has 1 fully saturated rings. The molecule has 0 atom stereocenters. The van der Waals surface area contributed by atoms with E-state index in [9.17, 15) is 4.79 Å². The standard InChI is InChI=1S/C15H17BrN4O/c16-12-8-11(9-17-10-12)15(21)19-13-2-4-14(5-3-13)20-7-1-6-18-20/h1,6-10,13-14H,2-5H2,(H,19,21). The first-order valence-electron chi connectivity index (χ1n) is 7.13. The number of rotatable bonds is 3. The number of amides is 1. The van der Waals surface area contributed by atoms with E-state index in [2.05, 4.69) is 31.3 Å². The van der Waals surface area contributed by atoms with Crippen LogP contribution in [0.15, 0.2) is 41.4 Å². The van der Waals surface area contributed by atoms with E-state index < -0.39 is 0 Å². The molecule has 3 rings (SSSR count). The van der Waals surface area contributed by atoms with E-state index in [1.165, 1.54) is 0 Å². The van der Waals surface area contributed by atoms with Crippen molar-refractivity contribution < 1.29 is 4.79 Å². The molecule has 2 aromatic rings. The molecule has 1 saturated carbocycles. The second-order valence-corrected chi connectivity index (χ2v) is 6.27. The van der Waals surface area contributed by atoms with E-state index in [1.807, 2.05) is 23.1 Å². The topological polar surface area (TPSA) is 59.8 Å². The van der Waals surface area contributed by atoms with Crippen LogP contribution >= 0.6 is 15.9 Å². The summed E-state index contributed by atoms with van der Waals surface area (Å²) in [4.78, 5) is 16.2. The summed E-state index contributed by atoms with van der Waals surface area (Å²) < 4.78 is 2.84. The first-order valence-corrected chi connectivity index (χ1v) is 7.92. The zero-order chi connectivity index (χ0) is 14.7. The van der Waals surface area contributed by atoms with Crippen LogP contribution in [-0.4, -0.2) is 26.7 Å². The van der Waals surface area contributed by atoms with Gasteiger partial charge < -0.3 is 5.32 Å². The zero-order valence-corrected chi connectivity index (χ0v) is 13.2. The second kappa shape index (κ2) is 6.39. The van der Waals surface area contributed by atoms with Gasteiger partial charge in [0.15, 0.2) is 0 Å². The summed E-state index contributed by atoms with van der Waals surface area (Å²) in [6.07, 6.45) is 11.1. The van der Waals surface area contributed by atoms with E-state index in [0.717, 1.165) is 30.2 Å². The first-order chi connectivity index (χ1) is 10.2. The highest BCUT2D eigenvalue weighted by Crippen LogP contribution is 2.27. The molecule has 0 radical (unpaired) electrons. The van der Waals surface area contributed by atoms with Crippen LogP contribution in [0.4, 0.5) is 0 Å². The molecule has 1 amide bonds. The molecule has 110 valence electrons. The summed E-state index contributed by atoms with van der Waals surface area (Å²) in [5.74, 6) is -0.0497. The van der Waals surface area contributed by atoms with Crippen molar-refractivity contribution in [3.05, 3.63) is 47.0 Å². The molecular formula is C15H17BrN4O. The number of nitrogens with one attached hydrogen (secondary N) is 1. The number of carbonyl (C=O) groups is 1. The van der Waals surface area contributed by atoms with Crippen molar-refractivity contribution in [2.24, 2.45) is 0 Å². The average molecular weight is 349 g/mol. The maximum atomic E-state index is 12.2. The molecule has 0 aromatic carbocycles. The van der Waals surface area contributed by atoms with Crippen LogP contribution in [0, 0.1) is 0 Å². The SMILES string of the molecule is O=C(NC1CCC(n2cccn2)CC1)c1cncc(Br)c1. The van der Waals surface area contributed by atoms with Crippen LogP contribution in [0.5, 0.6) is 0 Å². The highest BCUT2D eigenvalue weighted by Gasteiger charge is 2.24. The fourth-order valence-electron chi connectivity index (χ4n) is 2.79. The Labute approximate surface area is 131 Å². The molecule has 5 nitrogen and oxygen atoms in total. The monoisotopic (exact) mass is 348 g/mol. The van der Waals surface area contributed by atoms with Gasteiger partial charge in [0.25, 0.3) is 5.91 Å². The van der Waals surface area contributed by atoms with Gasteiger partial charge in [-0.15, -0.1) is 0 Å². The molecule has 2 aromatic heterocycles. The van der Waals surface area contributed by atoms with Crippen LogP contribution in [0.3, 0.4) is 0 Å². The molecule has 0 saturated heterocycles. The predicted molar refractivity (Wildman–Crippen MR) is 82.9 cm³/mol. The number of hydrogen-bond acceptors (Lipinski definition) is 3. The van der Waals surface area contributed by atoms with E-state index in [0.29, 0.717) is 11.6 Å². The number of hydrogen-bond donors (Lipinski definition) is 1. The average Bonchev–Trinajstić information content (AvgIpc) is 3.02. The molecule has 21 heavy (non-hydrogen) atoms. The summed E-state index contributed by atoms with van der Waals surface area (Å²) in [6.45, 7) is 0. The molecule has 0 spiro atoms. The fourth-order valence-corrected chi connectivity index (χ4v) is 3.15. The summed E-state index contributed by atoms with van der Waals surface area (Å²) in [7, 11) is 0. The molecule has 0 bridgehead atoms. The van der Waals surface area contributed by atoms with E-state index in [1.54, 1.807) is 18.5 Å². The smallest absolute Gasteiger partial charge is 0.253 e. The van der Waals surface area contributed by atoms with Crippen molar-refractivity contribution in [3.63, 3.8) is 0 Å². The third-order valence-corrected chi connectivity index (χ3v) is 4.33. The van der Waals surface area contributed by atoms with Crippen LogP contribution in [0.2, 0.25) is 0 Å². The minimum Gasteiger partial charge on any atom is -0.349 e. The van der Waals surface area contributed by atoms with Gasteiger partial charge in [-0.2, -0.15) is 5.10 Å². The van der Waals surface area contributed by atoms with Crippen molar-refractivity contribution in [2.45, 2.75) is 37.8 Å². The maximum Gasteiger partial charge on any atom is 0.253 e. The fraction of sp³-hybridized carbons (Fsp3) is 0.400. The Balaban J connectivity index is 1.54. The summed E-state index contributed by atoms with van der Waals surface area (Å²) in [5, 5.41) is 7.40. The molecule has 6 heteroatoms. The first kappa shape index (κ1) is 14.3. The number of pyridine rings is 1. The lowest BCUT2D eigenvalue weighted by atomic mass is 9.91. The number of carbonyl (C=O) groups excluding carboxylic acids is 1. The third-order valence-electron chi connectivity index (χ3n) is 3.90. The van der Waals surface area contributed by atoms with Gasteiger partial charge in [0, 0.05) is 35.3 Å². The van der Waals surface area contributed by atoms with E-state index >= 15 is 0 Å². The van der Waals surface area contributed by atoms with Crippen LogP contribution in [-0.2, 0) is 0 Å². The molecule has 0 aliphatic heterocycles. The normalized spacial score (nSPS) is 22.0. The van der Waals surface area contributed by atoms with Crippen molar-refractivity contribution in [3.8, 4) is 0 Å². The number of halogens is 1. The maximum absolute atomic E-state index is 12.2. The zero-order valence-electron chi connectivity index (χ0n) is 11.6. The Kier molecular flexibility index (Phi) is 4.34. The van der Waals surface area contributed by atoms with Gasteiger partial charge in [0.05, 0.1) is 11.6 Å². The van der Waals surface area contributed by atoms with Crippen molar-refractivity contribution in [1.82, 2.24) is 20.1 Å². The lowest BCUT2D eigenvalue weighted by Crippen LogP contribution is -2.38. The Morgan fingerprint density at radius 1 is 1.29 bits per heavy atom. The second-order valence-electron chi connectivity index (χ2n) is 5.36. The quantitative estimate of drug-likeness (QED) is 0.927. The molecule has 1 aliphatic rings. The van der Waals surface area contributed by atoms with Gasteiger partial charge in [0.1, 0.15) is 0 Å². The largest absolute Gasteiger partial charge is 0.349 e. The highest BCUT2D eigenvalue weighted by molar-refractivity contribution is 9.10. The molecule has 1 N–H and O–H groups in total. The Morgan fingerprint density at radius 2 is 2.10 bits per heavy atom. The molecule has 0 unspecified atom stereocenters. The van der Waals surface area contributed by atoms with Crippen molar-refractivity contribution >= 4 is 21.8 Å². The minimum absolute atomic E-state index is 0.0497. The Bertz CT molecular complexity index is 606. The van der Waals surface area contributed by atoms with Crippen molar-refractivity contribution in [2.75, 3.05) is 0 Å². The van der Waals surface area contributed by atoms with Gasteiger partial charge in [-0.1, -0.05) is 0 Å². The minimum atomic E-state index is -0.0497. The predicted octanol–water partition coefficient (Wildman–Crippen LogP) is 2.95. The number of nitrogens with zero attached hydrogens (tertiary/aromatic N) is 3. The molecular weight excluding hydrogens is 332 g/mol. The lowest BCUT2D eigenvalue weighted by molar-refractivity contribution is 0.0921. The Morgan fingerprint density at radius 3 is 2.76 bits per heavy atom. The van der Waals surface area contributed by atoms with Gasteiger partial charge in [0.2, 0.25) is 0 Å². The van der Waals surface area contributed by atoms with E-state index in [-0.39, 0.29) is 11.9 Å². The van der Waals surface area contributed by atoms with Gasteiger partial charge in [-0.25, -0.2) is 0 Å². The Hall–Kier alpha value is -1.69. The molecule has 2 heterocycles. The lowest BCUT2D eigenvalue weighted by Gasteiger charge is -2.29. The summed E-state index contributed by atoms with van der Waals surface area (Å²) in [5.41, 5.74) is 0.596. The number of aromatic nitrogens is 3. The van der Waals surface area contributed by atoms with E-state index in [4.69, 9.17) is 0 Å². The third kappa shape index (κ3) is 3.50. The molecule has 1 aliphatic carbocycles. The van der Waals surface area contributed by atoms with Gasteiger partial charge in [-0.3, -0.25) is 14.5 Å². The van der Waals surface area contributed by atoms with Crippen LogP contribution in [0.1, 0.15) is 42.1 Å².